The van der Waals surface area contributed by atoms with Gasteiger partial charge in [0.25, 0.3) is 0 Å². The van der Waals surface area contributed by atoms with Crippen molar-refractivity contribution in [3.63, 3.8) is 0 Å². The van der Waals surface area contributed by atoms with Crippen molar-refractivity contribution in [2.75, 3.05) is 18.5 Å². The topological polar surface area (TPSA) is 108 Å². The van der Waals surface area contributed by atoms with Crippen molar-refractivity contribution >= 4 is 23.4 Å². The van der Waals surface area contributed by atoms with Gasteiger partial charge in [0.15, 0.2) is 0 Å². The average molecular weight is 486 g/mol. The lowest BCUT2D eigenvalue weighted by molar-refractivity contribution is -0.145. The van der Waals surface area contributed by atoms with Gasteiger partial charge in [0.05, 0.1) is 30.6 Å². The number of benzene rings is 1. The molecule has 3 aliphatic rings. The highest BCUT2D eigenvalue weighted by Crippen LogP contribution is 2.59. The molecule has 0 saturated carbocycles. The molecule has 0 aliphatic carbocycles. The van der Waals surface area contributed by atoms with Crippen LogP contribution in [0.1, 0.15) is 57.6 Å². The SMILES string of the molecule is CCCNC(=O)[C@@H]1[C@@H]2CCC3(O2)C(C(=O)Nc2cc(C)ccc2C)N([C@@H](CO)[C@@H](C)CC)C(=O)[C@H]13. The Kier molecular flexibility index (Phi) is 7.25. The molecular formula is C27H39N3O5. The lowest BCUT2D eigenvalue weighted by Gasteiger charge is -2.38. The molecule has 8 nitrogen and oxygen atoms in total. The Hall–Kier alpha value is -2.45. The van der Waals surface area contributed by atoms with Crippen LogP contribution >= 0.6 is 0 Å². The largest absolute Gasteiger partial charge is 0.394 e. The van der Waals surface area contributed by atoms with Gasteiger partial charge in [0.2, 0.25) is 17.7 Å². The first-order valence-corrected chi connectivity index (χ1v) is 13.0. The number of nitrogens with zero attached hydrogens (tertiary/aromatic N) is 1. The third-order valence-electron chi connectivity index (χ3n) is 8.33. The second kappa shape index (κ2) is 9.90. The Balaban J connectivity index is 1.76. The van der Waals surface area contributed by atoms with Gasteiger partial charge in [-0.3, -0.25) is 14.4 Å². The van der Waals surface area contributed by atoms with Gasteiger partial charge in [0.1, 0.15) is 11.6 Å². The van der Waals surface area contributed by atoms with Gasteiger partial charge in [-0.15, -0.1) is 0 Å². The molecule has 1 aromatic carbocycles. The Bertz CT molecular complexity index is 997. The van der Waals surface area contributed by atoms with Crippen molar-refractivity contribution in [2.45, 2.75) is 84.1 Å². The molecule has 0 radical (unpaired) electrons. The number of nitrogens with one attached hydrogen (secondary N) is 2. The second-order valence-corrected chi connectivity index (χ2v) is 10.5. The van der Waals surface area contributed by atoms with Crippen LogP contribution in [0.15, 0.2) is 18.2 Å². The number of rotatable bonds is 9. The predicted molar refractivity (Wildman–Crippen MR) is 133 cm³/mol. The fourth-order valence-electron chi connectivity index (χ4n) is 6.30. The molecule has 3 N–H and O–H groups in total. The van der Waals surface area contributed by atoms with E-state index in [9.17, 15) is 19.5 Å². The maximum Gasteiger partial charge on any atom is 0.250 e. The maximum atomic E-state index is 14.0. The Morgan fingerprint density at radius 2 is 2.00 bits per heavy atom. The lowest BCUT2D eigenvalue weighted by atomic mass is 9.70. The van der Waals surface area contributed by atoms with E-state index in [-0.39, 0.29) is 36.4 Å². The number of aliphatic hydroxyl groups is 1. The molecule has 1 spiro atoms. The van der Waals surface area contributed by atoms with Gasteiger partial charge in [-0.25, -0.2) is 0 Å². The monoisotopic (exact) mass is 485 g/mol. The van der Waals surface area contributed by atoms with E-state index in [1.54, 1.807) is 4.90 Å². The molecule has 3 aliphatic heterocycles. The van der Waals surface area contributed by atoms with E-state index in [4.69, 9.17) is 4.74 Å². The van der Waals surface area contributed by atoms with Crippen molar-refractivity contribution in [3.8, 4) is 0 Å². The summed E-state index contributed by atoms with van der Waals surface area (Å²) >= 11 is 0. The summed E-state index contributed by atoms with van der Waals surface area (Å²) in [5.41, 5.74) is 1.55. The predicted octanol–water partition coefficient (Wildman–Crippen LogP) is 2.55. The molecule has 192 valence electrons. The van der Waals surface area contributed by atoms with Gasteiger partial charge in [-0.2, -0.15) is 0 Å². The minimum absolute atomic E-state index is 0.0280. The number of carbonyl (C=O) groups is 3. The highest BCUT2D eigenvalue weighted by Gasteiger charge is 2.75. The summed E-state index contributed by atoms with van der Waals surface area (Å²) in [4.78, 5) is 42.7. The van der Waals surface area contributed by atoms with Gasteiger partial charge < -0.3 is 25.4 Å². The molecule has 3 heterocycles. The standard InChI is InChI=1S/C27H39N3O5/c1-6-12-28-24(32)21-20-10-11-27(35-20)22(21)26(34)30(19(14-31)16(4)7-2)23(27)25(33)29-18-13-15(3)8-9-17(18)5/h8-9,13,16,19-23,31H,6-7,10-12,14H2,1-5H3,(H,28,32)(H,29,33)/t16-,19-,20-,21+,22-,23?,27?/m0/s1. The Labute approximate surface area is 207 Å². The van der Waals surface area contributed by atoms with E-state index < -0.39 is 29.5 Å². The van der Waals surface area contributed by atoms with Gasteiger partial charge in [-0.05, 0) is 56.2 Å². The summed E-state index contributed by atoms with van der Waals surface area (Å²) in [6, 6.07) is 4.39. The van der Waals surface area contributed by atoms with Crippen LogP contribution in [-0.2, 0) is 19.1 Å². The molecular weight excluding hydrogens is 446 g/mol. The van der Waals surface area contributed by atoms with E-state index in [1.165, 1.54) is 0 Å². The molecule has 2 bridgehead atoms. The van der Waals surface area contributed by atoms with Crippen molar-refractivity contribution < 1.29 is 24.2 Å². The van der Waals surface area contributed by atoms with Crippen LogP contribution in [0.5, 0.6) is 0 Å². The minimum atomic E-state index is -1.07. The summed E-state index contributed by atoms with van der Waals surface area (Å²) in [6.45, 7) is 10.1. The highest BCUT2D eigenvalue weighted by molar-refractivity contribution is 6.04. The first-order valence-electron chi connectivity index (χ1n) is 13.0. The molecule has 3 amide bonds. The van der Waals surface area contributed by atoms with Crippen LogP contribution in [-0.4, -0.2) is 64.7 Å². The Morgan fingerprint density at radius 3 is 2.66 bits per heavy atom. The summed E-state index contributed by atoms with van der Waals surface area (Å²) < 4.78 is 6.47. The quantitative estimate of drug-likeness (QED) is 0.498. The molecule has 8 heteroatoms. The van der Waals surface area contributed by atoms with Crippen LogP contribution in [0.4, 0.5) is 5.69 Å². The normalized spacial score (nSPS) is 30.8. The fraction of sp³-hybridized carbons (Fsp3) is 0.667. The lowest BCUT2D eigenvalue weighted by Crippen LogP contribution is -2.57. The van der Waals surface area contributed by atoms with E-state index in [0.717, 1.165) is 24.0 Å². The van der Waals surface area contributed by atoms with E-state index in [2.05, 4.69) is 10.6 Å². The van der Waals surface area contributed by atoms with Crippen molar-refractivity contribution in [1.82, 2.24) is 10.2 Å². The van der Waals surface area contributed by atoms with Crippen LogP contribution in [0.2, 0.25) is 0 Å². The number of likely N-dealkylation sites (tertiary alicyclic amines) is 1. The number of amides is 3. The molecule has 0 aromatic heterocycles. The highest BCUT2D eigenvalue weighted by atomic mass is 16.5. The number of aryl methyl sites for hydroxylation is 2. The minimum Gasteiger partial charge on any atom is -0.394 e. The zero-order valence-corrected chi connectivity index (χ0v) is 21.5. The van der Waals surface area contributed by atoms with Crippen LogP contribution in [0.3, 0.4) is 0 Å². The zero-order valence-electron chi connectivity index (χ0n) is 21.5. The number of hydrogen-bond acceptors (Lipinski definition) is 5. The van der Waals surface area contributed by atoms with Crippen LogP contribution < -0.4 is 10.6 Å². The summed E-state index contributed by atoms with van der Waals surface area (Å²) in [6.07, 6.45) is 2.31. The summed E-state index contributed by atoms with van der Waals surface area (Å²) in [5, 5.41) is 16.3. The van der Waals surface area contributed by atoms with Gasteiger partial charge in [-0.1, -0.05) is 39.3 Å². The number of aliphatic hydroxyl groups excluding tert-OH is 1. The zero-order chi connectivity index (χ0) is 25.5. The second-order valence-electron chi connectivity index (χ2n) is 10.5. The number of carbonyl (C=O) groups excluding carboxylic acids is 3. The van der Waals surface area contributed by atoms with E-state index in [1.807, 2.05) is 52.8 Å². The van der Waals surface area contributed by atoms with Crippen molar-refractivity contribution in [3.05, 3.63) is 29.3 Å². The van der Waals surface area contributed by atoms with Crippen LogP contribution in [0.25, 0.3) is 0 Å². The third kappa shape index (κ3) is 4.14. The van der Waals surface area contributed by atoms with Crippen molar-refractivity contribution in [2.24, 2.45) is 17.8 Å². The molecule has 7 atom stereocenters. The van der Waals surface area contributed by atoms with E-state index in [0.29, 0.717) is 25.1 Å². The fourth-order valence-corrected chi connectivity index (χ4v) is 6.30. The Morgan fingerprint density at radius 1 is 1.26 bits per heavy atom. The number of ether oxygens (including phenoxy) is 1. The summed E-state index contributed by atoms with van der Waals surface area (Å²) in [5.74, 6) is -2.15. The average Bonchev–Trinajstić information content (AvgIpc) is 3.48. The van der Waals surface area contributed by atoms with Crippen molar-refractivity contribution in [1.29, 1.82) is 0 Å². The smallest absolute Gasteiger partial charge is 0.250 e. The van der Waals surface area contributed by atoms with E-state index >= 15 is 0 Å². The number of anilines is 1. The third-order valence-corrected chi connectivity index (χ3v) is 8.33. The maximum absolute atomic E-state index is 14.0. The molecule has 3 saturated heterocycles. The number of hydrogen-bond donors (Lipinski definition) is 3. The number of fused-ring (bicyclic) bond motifs is 1. The summed E-state index contributed by atoms with van der Waals surface area (Å²) in [7, 11) is 0. The molecule has 3 fully saturated rings. The molecule has 35 heavy (non-hydrogen) atoms. The molecule has 4 rings (SSSR count). The van der Waals surface area contributed by atoms with Gasteiger partial charge >= 0.3 is 0 Å². The van der Waals surface area contributed by atoms with Crippen LogP contribution in [0, 0.1) is 31.6 Å². The molecule has 1 aromatic rings. The first kappa shape index (κ1) is 25.6. The molecule has 2 unspecified atom stereocenters. The van der Waals surface area contributed by atoms with Gasteiger partial charge in [0, 0.05) is 12.2 Å². The first-order chi connectivity index (χ1) is 16.7.